The fourth-order valence-corrected chi connectivity index (χ4v) is 1.60. The Bertz CT molecular complexity index is 481. The smallest absolute Gasteiger partial charge is 0.224 e. The van der Waals surface area contributed by atoms with Crippen molar-refractivity contribution in [2.24, 2.45) is 0 Å². The highest BCUT2D eigenvalue weighted by atomic mass is 16.3. The lowest BCUT2D eigenvalue weighted by molar-refractivity contribution is 0.563. The Balaban J connectivity index is 2.18. The van der Waals surface area contributed by atoms with Crippen LogP contribution in [-0.2, 0) is 6.54 Å². The first-order valence-electron chi connectivity index (χ1n) is 5.44. The van der Waals surface area contributed by atoms with E-state index in [0.29, 0.717) is 5.95 Å². The van der Waals surface area contributed by atoms with Gasteiger partial charge in [0.05, 0.1) is 12.5 Å². The molecule has 90 valence electrons. The topological polar surface area (TPSA) is 54.2 Å². The van der Waals surface area contributed by atoms with Crippen LogP contribution in [0.4, 0.5) is 11.8 Å². The van der Waals surface area contributed by atoms with Gasteiger partial charge in [0.15, 0.2) is 0 Å². The maximum atomic E-state index is 5.05. The highest BCUT2D eigenvalue weighted by Crippen LogP contribution is 2.15. The van der Waals surface area contributed by atoms with E-state index in [2.05, 4.69) is 20.2 Å². The molecule has 0 bridgehead atoms. The number of furan rings is 1. The van der Waals surface area contributed by atoms with Crippen LogP contribution in [0.25, 0.3) is 0 Å². The molecular weight excluding hydrogens is 216 g/mol. The van der Waals surface area contributed by atoms with E-state index in [1.54, 1.807) is 12.5 Å². The molecule has 0 unspecified atom stereocenters. The second-order valence-corrected chi connectivity index (χ2v) is 3.93. The van der Waals surface area contributed by atoms with E-state index in [0.717, 1.165) is 23.6 Å². The second kappa shape index (κ2) is 4.86. The Hall–Kier alpha value is -2.04. The van der Waals surface area contributed by atoms with Gasteiger partial charge in [-0.3, -0.25) is 0 Å². The van der Waals surface area contributed by atoms with Crippen LogP contribution in [0.5, 0.6) is 0 Å². The third kappa shape index (κ3) is 2.75. The molecule has 2 aromatic heterocycles. The van der Waals surface area contributed by atoms with E-state index in [9.17, 15) is 0 Å². The number of rotatable bonds is 4. The Kier molecular flexibility index (Phi) is 3.27. The summed E-state index contributed by atoms with van der Waals surface area (Å²) in [6, 6.07) is 3.91. The van der Waals surface area contributed by atoms with Gasteiger partial charge >= 0.3 is 0 Å². The summed E-state index contributed by atoms with van der Waals surface area (Å²) in [5.41, 5.74) is 2.06. The summed E-state index contributed by atoms with van der Waals surface area (Å²) >= 11 is 0. The second-order valence-electron chi connectivity index (χ2n) is 3.93. The van der Waals surface area contributed by atoms with Crippen molar-refractivity contribution >= 4 is 11.8 Å². The van der Waals surface area contributed by atoms with Gasteiger partial charge in [0.2, 0.25) is 5.95 Å². The fourth-order valence-electron chi connectivity index (χ4n) is 1.60. The zero-order valence-corrected chi connectivity index (χ0v) is 10.3. The molecule has 5 nitrogen and oxygen atoms in total. The number of aromatic nitrogens is 2. The molecule has 0 fully saturated rings. The van der Waals surface area contributed by atoms with E-state index in [4.69, 9.17) is 4.42 Å². The van der Waals surface area contributed by atoms with Crippen molar-refractivity contribution in [3.8, 4) is 0 Å². The van der Waals surface area contributed by atoms with Crippen LogP contribution in [0, 0.1) is 6.92 Å². The molecule has 0 spiro atoms. The molecule has 0 aliphatic rings. The van der Waals surface area contributed by atoms with Crippen molar-refractivity contribution < 1.29 is 4.42 Å². The van der Waals surface area contributed by atoms with E-state index < -0.39 is 0 Å². The quantitative estimate of drug-likeness (QED) is 0.874. The zero-order valence-electron chi connectivity index (χ0n) is 10.3. The minimum absolute atomic E-state index is 0.638. The van der Waals surface area contributed by atoms with Crippen LogP contribution in [-0.4, -0.2) is 24.1 Å². The summed E-state index contributed by atoms with van der Waals surface area (Å²) in [6.45, 7) is 2.72. The molecular formula is C12H16N4O. The van der Waals surface area contributed by atoms with Crippen molar-refractivity contribution in [3.63, 3.8) is 0 Å². The average Bonchev–Trinajstić information content (AvgIpc) is 2.81. The van der Waals surface area contributed by atoms with E-state index >= 15 is 0 Å². The molecule has 1 N–H and O–H groups in total. The van der Waals surface area contributed by atoms with E-state index in [-0.39, 0.29) is 0 Å². The molecule has 0 saturated carbocycles. The number of hydrogen-bond donors (Lipinski definition) is 1. The van der Waals surface area contributed by atoms with Gasteiger partial charge in [-0.2, -0.15) is 4.98 Å². The lowest BCUT2D eigenvalue weighted by Gasteiger charge is -2.18. The van der Waals surface area contributed by atoms with E-state index in [1.807, 2.05) is 33.2 Å². The van der Waals surface area contributed by atoms with Gasteiger partial charge in [-0.1, -0.05) is 0 Å². The first-order valence-corrected chi connectivity index (χ1v) is 5.44. The Morgan fingerprint density at radius 1 is 1.41 bits per heavy atom. The number of hydrogen-bond acceptors (Lipinski definition) is 5. The maximum Gasteiger partial charge on any atom is 0.224 e. The largest absolute Gasteiger partial charge is 0.472 e. The SMILES string of the molecule is CNc1nc(C)cc(N(C)Cc2ccoc2)n1. The zero-order chi connectivity index (χ0) is 12.3. The summed E-state index contributed by atoms with van der Waals surface area (Å²) in [5.74, 6) is 1.53. The molecule has 0 aliphatic heterocycles. The summed E-state index contributed by atoms with van der Waals surface area (Å²) in [7, 11) is 3.81. The highest BCUT2D eigenvalue weighted by molar-refractivity contribution is 5.44. The van der Waals surface area contributed by atoms with Gasteiger partial charge in [-0.15, -0.1) is 0 Å². The summed E-state index contributed by atoms with van der Waals surface area (Å²) < 4.78 is 5.05. The maximum absolute atomic E-state index is 5.05. The lowest BCUT2D eigenvalue weighted by atomic mass is 10.3. The first-order chi connectivity index (χ1) is 8.19. The van der Waals surface area contributed by atoms with Crippen molar-refractivity contribution in [2.75, 3.05) is 24.3 Å². The molecule has 17 heavy (non-hydrogen) atoms. The van der Waals surface area contributed by atoms with Crippen LogP contribution in [0.1, 0.15) is 11.3 Å². The normalized spacial score (nSPS) is 10.3. The standard InChI is InChI=1S/C12H16N4O/c1-9-6-11(15-12(13-2)14-9)16(3)7-10-4-5-17-8-10/h4-6,8H,7H2,1-3H3,(H,13,14,15). The van der Waals surface area contributed by atoms with Crippen LogP contribution in [0.2, 0.25) is 0 Å². The lowest BCUT2D eigenvalue weighted by Crippen LogP contribution is -2.18. The monoisotopic (exact) mass is 232 g/mol. The molecule has 2 heterocycles. The number of anilines is 2. The van der Waals surface area contributed by atoms with Crippen molar-refractivity contribution in [2.45, 2.75) is 13.5 Å². The molecule has 0 aromatic carbocycles. The molecule has 0 saturated heterocycles. The predicted molar refractivity (Wildman–Crippen MR) is 67.1 cm³/mol. The van der Waals surface area contributed by atoms with E-state index in [1.165, 1.54) is 0 Å². The molecule has 0 radical (unpaired) electrons. The highest BCUT2D eigenvalue weighted by Gasteiger charge is 2.07. The van der Waals surface area contributed by atoms with Gasteiger partial charge in [0.25, 0.3) is 0 Å². The van der Waals surface area contributed by atoms with Gasteiger partial charge in [0.1, 0.15) is 5.82 Å². The van der Waals surface area contributed by atoms with Gasteiger partial charge in [-0.05, 0) is 13.0 Å². The number of nitrogens with zero attached hydrogens (tertiary/aromatic N) is 3. The summed E-state index contributed by atoms with van der Waals surface area (Å²) in [5, 5.41) is 2.95. The summed E-state index contributed by atoms with van der Waals surface area (Å²) in [6.07, 6.45) is 3.41. The molecule has 2 rings (SSSR count). The summed E-state index contributed by atoms with van der Waals surface area (Å²) in [4.78, 5) is 10.7. The van der Waals surface area contributed by atoms with Crippen molar-refractivity contribution in [1.29, 1.82) is 0 Å². The van der Waals surface area contributed by atoms with Crippen LogP contribution in [0.3, 0.4) is 0 Å². The minimum Gasteiger partial charge on any atom is -0.472 e. The number of nitrogens with one attached hydrogen (secondary N) is 1. The number of aryl methyl sites for hydroxylation is 1. The van der Waals surface area contributed by atoms with Gasteiger partial charge in [-0.25, -0.2) is 4.98 Å². The third-order valence-corrected chi connectivity index (χ3v) is 2.46. The van der Waals surface area contributed by atoms with Crippen molar-refractivity contribution in [3.05, 3.63) is 35.9 Å². The van der Waals surface area contributed by atoms with Crippen LogP contribution in [0.15, 0.2) is 29.1 Å². The first kappa shape index (κ1) is 11.4. The Morgan fingerprint density at radius 3 is 2.88 bits per heavy atom. The average molecular weight is 232 g/mol. The third-order valence-electron chi connectivity index (χ3n) is 2.46. The molecule has 5 heteroatoms. The molecule has 0 atom stereocenters. The van der Waals surface area contributed by atoms with Gasteiger partial charge < -0.3 is 14.6 Å². The van der Waals surface area contributed by atoms with Crippen LogP contribution >= 0.6 is 0 Å². The predicted octanol–water partition coefficient (Wildman–Crippen LogP) is 2.06. The molecule has 2 aromatic rings. The van der Waals surface area contributed by atoms with Crippen molar-refractivity contribution in [1.82, 2.24) is 9.97 Å². The van der Waals surface area contributed by atoms with Gasteiger partial charge in [0, 0.05) is 38.0 Å². The minimum atomic E-state index is 0.638. The Morgan fingerprint density at radius 2 is 2.24 bits per heavy atom. The Labute approximate surface area is 100 Å². The molecule has 0 aliphatic carbocycles. The van der Waals surface area contributed by atoms with Crippen LogP contribution < -0.4 is 10.2 Å². The molecule has 0 amide bonds. The fraction of sp³-hybridized carbons (Fsp3) is 0.333.